The van der Waals surface area contributed by atoms with Crippen molar-refractivity contribution in [3.05, 3.63) is 24.3 Å². The Morgan fingerprint density at radius 2 is 2.29 bits per heavy atom. The van der Waals surface area contributed by atoms with Gasteiger partial charge in [0.2, 0.25) is 0 Å². The van der Waals surface area contributed by atoms with Gasteiger partial charge in [-0.25, -0.2) is 0 Å². The summed E-state index contributed by atoms with van der Waals surface area (Å²) >= 11 is 0. The summed E-state index contributed by atoms with van der Waals surface area (Å²) < 4.78 is 5.28. The molecule has 1 aromatic rings. The van der Waals surface area contributed by atoms with E-state index in [4.69, 9.17) is 9.84 Å². The van der Waals surface area contributed by atoms with Gasteiger partial charge in [-0.05, 0) is 12.1 Å². The molecule has 1 aromatic carbocycles. The van der Waals surface area contributed by atoms with Crippen LogP contribution in [0.1, 0.15) is 0 Å². The predicted octanol–water partition coefficient (Wildman–Crippen LogP) is 0.558. The quantitative estimate of drug-likeness (QED) is 0.803. The number of benzene rings is 1. The third-order valence-electron chi connectivity index (χ3n) is 2.90. The predicted molar refractivity (Wildman–Crippen MR) is 64.6 cm³/mol. The fourth-order valence-electron chi connectivity index (χ4n) is 2.03. The zero-order valence-corrected chi connectivity index (χ0v) is 9.72. The Morgan fingerprint density at radius 3 is 3.00 bits per heavy atom. The second kappa shape index (κ2) is 5.05. The first-order chi connectivity index (χ1) is 8.22. The first-order valence-electron chi connectivity index (χ1n) is 5.56. The molecule has 17 heavy (non-hydrogen) atoms. The summed E-state index contributed by atoms with van der Waals surface area (Å²) in [6.45, 7) is 1.90. The molecule has 1 aliphatic rings. The monoisotopic (exact) mass is 236 g/mol. The van der Waals surface area contributed by atoms with Crippen LogP contribution in [0.2, 0.25) is 0 Å². The number of methoxy groups -OCH3 is 1. The van der Waals surface area contributed by atoms with Crippen molar-refractivity contribution >= 4 is 11.7 Å². The molecule has 2 rings (SSSR count). The number of hydrogen-bond acceptors (Lipinski definition) is 4. The van der Waals surface area contributed by atoms with Crippen molar-refractivity contribution in [1.29, 1.82) is 0 Å². The third kappa shape index (κ3) is 2.50. The van der Waals surface area contributed by atoms with Gasteiger partial charge in [-0.15, -0.1) is 0 Å². The average Bonchev–Trinajstić information content (AvgIpc) is 2.39. The van der Waals surface area contributed by atoms with E-state index in [-0.39, 0.29) is 0 Å². The molecule has 1 atom stereocenters. The number of ether oxygens (including phenoxy) is 1. The molecule has 0 radical (unpaired) electrons. The van der Waals surface area contributed by atoms with Crippen molar-refractivity contribution < 1.29 is 14.6 Å². The van der Waals surface area contributed by atoms with Crippen LogP contribution in [0.4, 0.5) is 5.69 Å². The van der Waals surface area contributed by atoms with E-state index in [2.05, 4.69) is 5.32 Å². The second-order valence-electron chi connectivity index (χ2n) is 3.96. The van der Waals surface area contributed by atoms with Crippen LogP contribution in [-0.4, -0.2) is 43.9 Å². The second-order valence-corrected chi connectivity index (χ2v) is 3.96. The Labute approximate surface area is 100.0 Å². The number of nitrogens with one attached hydrogen (secondary N) is 1. The highest BCUT2D eigenvalue weighted by atomic mass is 16.5. The largest absolute Gasteiger partial charge is 0.495 e. The molecule has 1 aliphatic heterocycles. The first-order valence-corrected chi connectivity index (χ1v) is 5.56. The van der Waals surface area contributed by atoms with Gasteiger partial charge < -0.3 is 20.1 Å². The summed E-state index contributed by atoms with van der Waals surface area (Å²) in [4.78, 5) is 13.0. The molecule has 92 valence electrons. The third-order valence-corrected chi connectivity index (χ3v) is 2.90. The van der Waals surface area contributed by atoms with Gasteiger partial charge in [-0.1, -0.05) is 12.1 Å². The normalized spacial score (nSPS) is 20.1. The molecule has 0 amide bonds. The van der Waals surface area contributed by atoms with E-state index in [1.165, 1.54) is 0 Å². The molecule has 5 heteroatoms. The average molecular weight is 236 g/mol. The van der Waals surface area contributed by atoms with Crippen molar-refractivity contribution in [2.24, 2.45) is 0 Å². The van der Waals surface area contributed by atoms with Gasteiger partial charge in [0.25, 0.3) is 0 Å². The number of carbonyl (C=O) groups is 1. The smallest absolute Gasteiger partial charge is 0.322 e. The van der Waals surface area contributed by atoms with Crippen LogP contribution in [0.25, 0.3) is 0 Å². The first kappa shape index (κ1) is 11.7. The highest BCUT2D eigenvalue weighted by Crippen LogP contribution is 2.28. The van der Waals surface area contributed by atoms with Gasteiger partial charge in [0.05, 0.1) is 12.8 Å². The summed E-state index contributed by atoms with van der Waals surface area (Å²) in [5.41, 5.74) is 0.947. The lowest BCUT2D eigenvalue weighted by Crippen LogP contribution is -2.54. The minimum absolute atomic E-state index is 0.454. The van der Waals surface area contributed by atoms with Gasteiger partial charge in [0, 0.05) is 19.6 Å². The van der Waals surface area contributed by atoms with E-state index in [9.17, 15) is 4.79 Å². The van der Waals surface area contributed by atoms with E-state index in [1.807, 2.05) is 29.2 Å². The van der Waals surface area contributed by atoms with Crippen LogP contribution < -0.4 is 15.0 Å². The lowest BCUT2D eigenvalue weighted by atomic mass is 10.1. The number of carboxylic acid groups (broad SMARTS) is 1. The molecule has 1 heterocycles. The molecule has 1 saturated heterocycles. The maximum absolute atomic E-state index is 11.0. The number of hydrogen-bond donors (Lipinski definition) is 2. The van der Waals surface area contributed by atoms with Crippen LogP contribution in [0.15, 0.2) is 24.3 Å². The van der Waals surface area contributed by atoms with Crippen molar-refractivity contribution in [2.45, 2.75) is 6.04 Å². The molecule has 0 aromatic heterocycles. The maximum atomic E-state index is 11.0. The number of piperazine rings is 1. The van der Waals surface area contributed by atoms with Gasteiger partial charge >= 0.3 is 5.97 Å². The number of anilines is 1. The van der Waals surface area contributed by atoms with E-state index in [0.717, 1.165) is 18.0 Å². The van der Waals surface area contributed by atoms with E-state index >= 15 is 0 Å². The molecule has 2 N–H and O–H groups in total. The number of para-hydroxylation sites is 2. The summed E-state index contributed by atoms with van der Waals surface area (Å²) in [6, 6.07) is 7.14. The van der Waals surface area contributed by atoms with Gasteiger partial charge in [0.15, 0.2) is 0 Å². The van der Waals surface area contributed by atoms with Gasteiger partial charge in [0.1, 0.15) is 11.8 Å². The summed E-state index contributed by atoms with van der Waals surface area (Å²) in [6.07, 6.45) is 0. The van der Waals surface area contributed by atoms with E-state index < -0.39 is 12.0 Å². The maximum Gasteiger partial charge on any atom is 0.322 e. The highest BCUT2D eigenvalue weighted by molar-refractivity contribution is 5.75. The molecule has 1 unspecified atom stereocenters. The van der Waals surface area contributed by atoms with Gasteiger partial charge in [-0.2, -0.15) is 0 Å². The Morgan fingerprint density at radius 1 is 1.53 bits per heavy atom. The van der Waals surface area contributed by atoms with Crippen molar-refractivity contribution in [2.75, 3.05) is 31.6 Å². The summed E-state index contributed by atoms with van der Waals surface area (Å²) in [5.74, 6) is -0.0388. The zero-order chi connectivity index (χ0) is 12.3. The standard InChI is InChI=1S/C12H16N2O3/c1-17-11-5-3-2-4-10(11)14-7-6-13-9(8-14)12(15)16/h2-5,9,13H,6-8H2,1H3,(H,15,16). The minimum Gasteiger partial charge on any atom is -0.495 e. The lowest BCUT2D eigenvalue weighted by Gasteiger charge is -2.34. The molecule has 0 saturated carbocycles. The number of rotatable bonds is 3. The van der Waals surface area contributed by atoms with Crippen LogP contribution in [0.3, 0.4) is 0 Å². The molecular formula is C12H16N2O3. The molecular weight excluding hydrogens is 220 g/mol. The molecule has 0 aliphatic carbocycles. The Hall–Kier alpha value is -1.75. The Kier molecular flexibility index (Phi) is 3.49. The molecule has 0 spiro atoms. The fraction of sp³-hybridized carbons (Fsp3) is 0.417. The highest BCUT2D eigenvalue weighted by Gasteiger charge is 2.26. The SMILES string of the molecule is COc1ccccc1N1CCNC(C(=O)O)C1. The Balaban J connectivity index is 2.18. The molecule has 5 nitrogen and oxygen atoms in total. The Bertz CT molecular complexity index is 408. The van der Waals surface area contributed by atoms with Crippen LogP contribution >= 0.6 is 0 Å². The zero-order valence-electron chi connectivity index (χ0n) is 9.72. The molecule has 1 fully saturated rings. The van der Waals surface area contributed by atoms with Gasteiger partial charge in [-0.3, -0.25) is 4.79 Å². The van der Waals surface area contributed by atoms with Crippen molar-refractivity contribution in [3.8, 4) is 5.75 Å². The summed E-state index contributed by atoms with van der Waals surface area (Å²) in [7, 11) is 1.62. The lowest BCUT2D eigenvalue weighted by molar-refractivity contribution is -0.139. The van der Waals surface area contributed by atoms with Crippen LogP contribution in [-0.2, 0) is 4.79 Å². The van der Waals surface area contributed by atoms with Crippen LogP contribution in [0, 0.1) is 0 Å². The topological polar surface area (TPSA) is 61.8 Å². The van der Waals surface area contributed by atoms with E-state index in [0.29, 0.717) is 13.1 Å². The number of carboxylic acids is 1. The number of aliphatic carboxylic acids is 1. The minimum atomic E-state index is -0.815. The van der Waals surface area contributed by atoms with Crippen molar-refractivity contribution in [1.82, 2.24) is 5.32 Å². The van der Waals surface area contributed by atoms with Crippen molar-refractivity contribution in [3.63, 3.8) is 0 Å². The van der Waals surface area contributed by atoms with E-state index in [1.54, 1.807) is 7.11 Å². The van der Waals surface area contributed by atoms with Crippen LogP contribution in [0.5, 0.6) is 5.75 Å². The molecule has 0 bridgehead atoms. The number of nitrogens with zero attached hydrogens (tertiary/aromatic N) is 1. The fourth-order valence-corrected chi connectivity index (χ4v) is 2.03. The summed E-state index contributed by atoms with van der Waals surface area (Å²) in [5, 5.41) is 12.0.